The van der Waals surface area contributed by atoms with Crippen LogP contribution in [0.3, 0.4) is 0 Å². The van der Waals surface area contributed by atoms with Crippen molar-refractivity contribution in [3.8, 4) is 0 Å². The highest BCUT2D eigenvalue weighted by atomic mass is 16.3. The second-order valence-corrected chi connectivity index (χ2v) is 3.61. The van der Waals surface area contributed by atoms with E-state index in [1.54, 1.807) is 19.0 Å². The summed E-state index contributed by atoms with van der Waals surface area (Å²) in [4.78, 5) is 12.8. The maximum Gasteiger partial charge on any atom is 0.223 e. The SMILES string of the molecule is CCC(CCO)NCCC(=O)N(C)C. The van der Waals surface area contributed by atoms with Crippen LogP contribution in [0.15, 0.2) is 0 Å². The van der Waals surface area contributed by atoms with Crippen molar-refractivity contribution in [2.24, 2.45) is 0 Å². The number of aliphatic hydroxyl groups is 1. The maximum absolute atomic E-state index is 11.2. The Morgan fingerprint density at radius 3 is 2.57 bits per heavy atom. The molecule has 1 atom stereocenters. The monoisotopic (exact) mass is 202 g/mol. The Kier molecular flexibility index (Phi) is 7.42. The summed E-state index contributed by atoms with van der Waals surface area (Å²) in [5.41, 5.74) is 0. The third-order valence-corrected chi connectivity index (χ3v) is 2.24. The zero-order chi connectivity index (χ0) is 11.0. The molecule has 0 aliphatic carbocycles. The van der Waals surface area contributed by atoms with Gasteiger partial charge in [0.25, 0.3) is 0 Å². The molecule has 0 bridgehead atoms. The fourth-order valence-electron chi connectivity index (χ4n) is 1.21. The first-order chi connectivity index (χ1) is 6.61. The van der Waals surface area contributed by atoms with Gasteiger partial charge in [0.1, 0.15) is 0 Å². The van der Waals surface area contributed by atoms with Gasteiger partial charge < -0.3 is 15.3 Å². The van der Waals surface area contributed by atoms with Crippen LogP contribution in [0, 0.1) is 0 Å². The third-order valence-electron chi connectivity index (χ3n) is 2.24. The number of carbonyl (C=O) groups excluding carboxylic acids is 1. The van der Waals surface area contributed by atoms with Crippen LogP contribution in [0.4, 0.5) is 0 Å². The average Bonchev–Trinajstić information content (AvgIpc) is 2.16. The van der Waals surface area contributed by atoms with E-state index in [0.29, 0.717) is 19.0 Å². The summed E-state index contributed by atoms with van der Waals surface area (Å²) in [7, 11) is 3.51. The fourth-order valence-corrected chi connectivity index (χ4v) is 1.21. The van der Waals surface area contributed by atoms with Gasteiger partial charge in [0.2, 0.25) is 5.91 Å². The summed E-state index contributed by atoms with van der Waals surface area (Å²) < 4.78 is 0. The molecule has 0 aromatic rings. The van der Waals surface area contributed by atoms with Crippen LogP contribution in [0.25, 0.3) is 0 Å². The highest BCUT2D eigenvalue weighted by Gasteiger charge is 2.07. The summed E-state index contributed by atoms with van der Waals surface area (Å²) in [5.74, 6) is 0.136. The molecule has 0 radical (unpaired) electrons. The summed E-state index contributed by atoms with van der Waals surface area (Å²) in [6, 6.07) is 0.329. The van der Waals surface area contributed by atoms with Crippen LogP contribution in [0.1, 0.15) is 26.2 Å². The van der Waals surface area contributed by atoms with Gasteiger partial charge in [-0.05, 0) is 12.8 Å². The number of nitrogens with one attached hydrogen (secondary N) is 1. The number of aliphatic hydroxyl groups excluding tert-OH is 1. The van der Waals surface area contributed by atoms with Crippen molar-refractivity contribution in [3.05, 3.63) is 0 Å². The standard InChI is InChI=1S/C10H22N2O2/c1-4-9(6-8-13)11-7-5-10(14)12(2)3/h9,11,13H,4-8H2,1-3H3. The predicted molar refractivity (Wildman–Crippen MR) is 57.1 cm³/mol. The van der Waals surface area contributed by atoms with Gasteiger partial charge in [0.15, 0.2) is 0 Å². The molecule has 0 saturated carbocycles. The normalized spacial score (nSPS) is 12.6. The lowest BCUT2D eigenvalue weighted by atomic mass is 10.1. The van der Waals surface area contributed by atoms with E-state index in [0.717, 1.165) is 12.8 Å². The third kappa shape index (κ3) is 5.94. The van der Waals surface area contributed by atoms with Gasteiger partial charge in [-0.25, -0.2) is 0 Å². The maximum atomic E-state index is 11.2. The van der Waals surface area contributed by atoms with Gasteiger partial charge in [0, 0.05) is 39.7 Å². The molecule has 84 valence electrons. The van der Waals surface area contributed by atoms with Crippen LogP contribution in [0.5, 0.6) is 0 Å². The Labute approximate surface area is 86.3 Å². The number of rotatable bonds is 7. The first-order valence-corrected chi connectivity index (χ1v) is 5.16. The van der Waals surface area contributed by atoms with E-state index in [4.69, 9.17) is 5.11 Å². The predicted octanol–water partition coefficient (Wildman–Crippen LogP) is 0.215. The summed E-state index contributed by atoms with van der Waals surface area (Å²) in [5, 5.41) is 12.0. The van der Waals surface area contributed by atoms with Crippen LogP contribution in [0.2, 0.25) is 0 Å². The van der Waals surface area contributed by atoms with Crippen LogP contribution >= 0.6 is 0 Å². The van der Waals surface area contributed by atoms with Crippen LogP contribution < -0.4 is 5.32 Å². The Hall–Kier alpha value is -0.610. The van der Waals surface area contributed by atoms with Gasteiger partial charge >= 0.3 is 0 Å². The van der Waals surface area contributed by atoms with E-state index in [-0.39, 0.29) is 12.5 Å². The lowest BCUT2D eigenvalue weighted by Crippen LogP contribution is -2.33. The number of carbonyl (C=O) groups is 1. The van der Waals surface area contributed by atoms with Crippen molar-refractivity contribution in [1.82, 2.24) is 10.2 Å². The second-order valence-electron chi connectivity index (χ2n) is 3.61. The molecule has 0 saturated heterocycles. The Bertz CT molecular complexity index is 160. The largest absolute Gasteiger partial charge is 0.396 e. The zero-order valence-corrected chi connectivity index (χ0v) is 9.42. The Morgan fingerprint density at radius 1 is 1.50 bits per heavy atom. The smallest absolute Gasteiger partial charge is 0.223 e. The number of hydrogen-bond donors (Lipinski definition) is 2. The summed E-state index contributed by atoms with van der Waals surface area (Å²) in [6.07, 6.45) is 2.26. The minimum absolute atomic E-state index is 0.136. The van der Waals surface area contributed by atoms with Gasteiger partial charge in [-0.3, -0.25) is 4.79 Å². The van der Waals surface area contributed by atoms with Gasteiger partial charge in [-0.2, -0.15) is 0 Å². The molecule has 2 N–H and O–H groups in total. The minimum atomic E-state index is 0.136. The highest BCUT2D eigenvalue weighted by molar-refractivity contribution is 5.75. The van der Waals surface area contributed by atoms with E-state index in [1.165, 1.54) is 0 Å². The first kappa shape index (κ1) is 13.4. The minimum Gasteiger partial charge on any atom is -0.396 e. The topological polar surface area (TPSA) is 52.6 Å². The lowest BCUT2D eigenvalue weighted by Gasteiger charge is -2.16. The zero-order valence-electron chi connectivity index (χ0n) is 9.42. The second kappa shape index (κ2) is 7.76. The molecular formula is C10H22N2O2. The average molecular weight is 202 g/mol. The number of hydrogen-bond acceptors (Lipinski definition) is 3. The number of amides is 1. The molecule has 0 aromatic carbocycles. The Balaban J connectivity index is 3.55. The van der Waals surface area contributed by atoms with Crippen molar-refractivity contribution in [1.29, 1.82) is 0 Å². The lowest BCUT2D eigenvalue weighted by molar-refractivity contribution is -0.128. The fraction of sp³-hybridized carbons (Fsp3) is 0.900. The van der Waals surface area contributed by atoms with E-state index in [1.807, 2.05) is 0 Å². The van der Waals surface area contributed by atoms with Gasteiger partial charge in [-0.15, -0.1) is 0 Å². The van der Waals surface area contributed by atoms with Crippen LogP contribution in [-0.2, 0) is 4.79 Å². The van der Waals surface area contributed by atoms with Gasteiger partial charge in [-0.1, -0.05) is 6.92 Å². The van der Waals surface area contributed by atoms with Crippen molar-refractivity contribution in [2.45, 2.75) is 32.2 Å². The quantitative estimate of drug-likeness (QED) is 0.621. The van der Waals surface area contributed by atoms with Crippen molar-refractivity contribution >= 4 is 5.91 Å². The van der Waals surface area contributed by atoms with E-state index < -0.39 is 0 Å². The first-order valence-electron chi connectivity index (χ1n) is 5.16. The summed E-state index contributed by atoms with van der Waals surface area (Å²) >= 11 is 0. The highest BCUT2D eigenvalue weighted by Crippen LogP contribution is 1.96. The van der Waals surface area contributed by atoms with E-state index in [2.05, 4.69) is 12.2 Å². The molecule has 0 aliphatic heterocycles. The van der Waals surface area contributed by atoms with Gasteiger partial charge in [0.05, 0.1) is 0 Å². The van der Waals surface area contributed by atoms with Crippen molar-refractivity contribution in [2.75, 3.05) is 27.2 Å². The molecule has 0 aliphatic rings. The van der Waals surface area contributed by atoms with Crippen molar-refractivity contribution in [3.63, 3.8) is 0 Å². The molecule has 1 amide bonds. The van der Waals surface area contributed by atoms with Crippen LogP contribution in [-0.4, -0.2) is 49.2 Å². The molecule has 0 rings (SSSR count). The molecule has 0 heterocycles. The van der Waals surface area contributed by atoms with E-state index >= 15 is 0 Å². The Morgan fingerprint density at radius 2 is 2.14 bits per heavy atom. The summed E-state index contributed by atoms with van der Waals surface area (Å²) in [6.45, 7) is 2.96. The number of nitrogens with zero attached hydrogens (tertiary/aromatic N) is 1. The molecule has 4 nitrogen and oxygen atoms in total. The molecule has 0 aromatic heterocycles. The molecule has 0 spiro atoms. The molecule has 14 heavy (non-hydrogen) atoms. The molecule has 1 unspecified atom stereocenters. The molecule has 4 heteroatoms. The molecular weight excluding hydrogens is 180 g/mol. The molecule has 0 fully saturated rings. The van der Waals surface area contributed by atoms with Crippen molar-refractivity contribution < 1.29 is 9.90 Å². The van der Waals surface area contributed by atoms with E-state index in [9.17, 15) is 4.79 Å².